The number of anilines is 2. The Hall–Kier alpha value is -3.55. The van der Waals surface area contributed by atoms with E-state index in [1.165, 1.54) is 6.92 Å². The number of benzene rings is 2. The molecule has 2 aliphatic rings. The second-order valence-electron chi connectivity index (χ2n) is 7.17. The van der Waals surface area contributed by atoms with E-state index >= 15 is 0 Å². The molecular weight excluding hydrogens is 374 g/mol. The summed E-state index contributed by atoms with van der Waals surface area (Å²) in [6, 6.07) is 12.3. The van der Waals surface area contributed by atoms with Crippen LogP contribution in [0.3, 0.4) is 0 Å². The first-order chi connectivity index (χ1) is 14.0. The van der Waals surface area contributed by atoms with Crippen LogP contribution in [0.4, 0.5) is 11.4 Å². The van der Waals surface area contributed by atoms with E-state index < -0.39 is 5.41 Å². The average molecular weight is 395 g/mol. The summed E-state index contributed by atoms with van der Waals surface area (Å²) < 4.78 is 10.6. The lowest BCUT2D eigenvalue weighted by molar-refractivity contribution is -0.134. The molecule has 0 radical (unpaired) electrons. The normalized spacial score (nSPS) is 15.3. The van der Waals surface area contributed by atoms with Gasteiger partial charge in [0.15, 0.2) is 11.5 Å². The highest BCUT2D eigenvalue weighted by atomic mass is 16.7. The van der Waals surface area contributed by atoms with E-state index in [-0.39, 0.29) is 24.5 Å². The Kier molecular flexibility index (Phi) is 4.84. The van der Waals surface area contributed by atoms with Gasteiger partial charge in [-0.1, -0.05) is 12.1 Å². The summed E-state index contributed by atoms with van der Waals surface area (Å²) in [5.41, 5.74) is 0.908. The molecule has 8 heteroatoms. The maximum Gasteiger partial charge on any atom is 0.240 e. The maximum atomic E-state index is 12.7. The summed E-state index contributed by atoms with van der Waals surface area (Å²) in [5.74, 6) is 0.482. The van der Waals surface area contributed by atoms with E-state index in [2.05, 4.69) is 16.0 Å². The molecule has 1 heterocycles. The molecule has 4 rings (SSSR count). The fourth-order valence-corrected chi connectivity index (χ4v) is 3.21. The molecule has 2 aromatic carbocycles. The molecule has 1 aliphatic carbocycles. The molecule has 0 saturated heterocycles. The summed E-state index contributed by atoms with van der Waals surface area (Å²) in [4.78, 5) is 36.6. The number of fused-ring (bicyclic) bond motifs is 1. The van der Waals surface area contributed by atoms with Crippen LogP contribution in [-0.2, 0) is 20.9 Å². The van der Waals surface area contributed by atoms with E-state index in [1.807, 2.05) is 12.1 Å². The largest absolute Gasteiger partial charge is 0.454 e. The zero-order valence-corrected chi connectivity index (χ0v) is 15.9. The van der Waals surface area contributed by atoms with E-state index in [1.54, 1.807) is 30.3 Å². The molecule has 0 unspecified atom stereocenters. The lowest BCUT2D eigenvalue weighted by Gasteiger charge is -2.16. The minimum Gasteiger partial charge on any atom is -0.454 e. The Morgan fingerprint density at radius 1 is 0.931 bits per heavy atom. The minimum absolute atomic E-state index is 0.192. The maximum absolute atomic E-state index is 12.7. The zero-order chi connectivity index (χ0) is 20.4. The highest BCUT2D eigenvalue weighted by Gasteiger charge is 2.56. The van der Waals surface area contributed by atoms with Gasteiger partial charge in [-0.3, -0.25) is 14.4 Å². The summed E-state index contributed by atoms with van der Waals surface area (Å²) in [6.45, 7) is 1.90. The van der Waals surface area contributed by atoms with Gasteiger partial charge in [-0.15, -0.1) is 0 Å². The Balaban J connectivity index is 1.37. The third-order valence-corrected chi connectivity index (χ3v) is 4.95. The van der Waals surface area contributed by atoms with Crippen molar-refractivity contribution < 1.29 is 23.9 Å². The number of nitrogens with one attached hydrogen (secondary N) is 3. The minimum atomic E-state index is -1.06. The van der Waals surface area contributed by atoms with Gasteiger partial charge in [0.25, 0.3) is 0 Å². The van der Waals surface area contributed by atoms with Gasteiger partial charge in [0.2, 0.25) is 24.5 Å². The SMILES string of the molecule is CC(=O)Nc1cccc(NC(=O)C2(C(=O)NCc3ccc4c(c3)OCO4)CC2)c1. The Labute approximate surface area is 167 Å². The van der Waals surface area contributed by atoms with Crippen LogP contribution < -0.4 is 25.4 Å². The van der Waals surface area contributed by atoms with Gasteiger partial charge < -0.3 is 25.4 Å². The number of carbonyl (C=O) groups is 3. The molecular formula is C21H21N3O5. The first-order valence-electron chi connectivity index (χ1n) is 9.32. The molecule has 150 valence electrons. The van der Waals surface area contributed by atoms with Crippen molar-refractivity contribution in [2.45, 2.75) is 26.3 Å². The van der Waals surface area contributed by atoms with Gasteiger partial charge in [-0.2, -0.15) is 0 Å². The Morgan fingerprint density at radius 3 is 2.38 bits per heavy atom. The van der Waals surface area contributed by atoms with Gasteiger partial charge in [-0.25, -0.2) is 0 Å². The number of ether oxygens (including phenoxy) is 2. The second kappa shape index (κ2) is 7.46. The number of amides is 3. The molecule has 3 N–H and O–H groups in total. The van der Waals surface area contributed by atoms with E-state index in [4.69, 9.17) is 9.47 Å². The molecule has 3 amide bonds. The van der Waals surface area contributed by atoms with Gasteiger partial charge in [0, 0.05) is 24.8 Å². The monoisotopic (exact) mass is 395 g/mol. The van der Waals surface area contributed by atoms with Gasteiger partial charge in [0.05, 0.1) is 0 Å². The third kappa shape index (κ3) is 4.01. The molecule has 0 aromatic heterocycles. The smallest absolute Gasteiger partial charge is 0.240 e. The van der Waals surface area contributed by atoms with Gasteiger partial charge in [0.1, 0.15) is 5.41 Å². The number of rotatable bonds is 6. The summed E-state index contributed by atoms with van der Waals surface area (Å²) in [7, 11) is 0. The summed E-state index contributed by atoms with van der Waals surface area (Å²) in [5, 5.41) is 8.29. The Morgan fingerprint density at radius 2 is 1.66 bits per heavy atom. The summed E-state index contributed by atoms with van der Waals surface area (Å²) in [6.07, 6.45) is 0.994. The highest BCUT2D eigenvalue weighted by Crippen LogP contribution is 2.47. The Bertz CT molecular complexity index is 984. The van der Waals surface area contributed by atoms with Crippen molar-refractivity contribution in [3.63, 3.8) is 0 Å². The van der Waals surface area contributed by atoms with Crippen LogP contribution in [0.1, 0.15) is 25.3 Å². The molecule has 8 nitrogen and oxygen atoms in total. The van der Waals surface area contributed by atoms with Crippen molar-refractivity contribution in [3.8, 4) is 11.5 Å². The predicted octanol–water partition coefficient (Wildman–Crippen LogP) is 2.41. The van der Waals surface area contributed by atoms with Crippen molar-refractivity contribution in [1.82, 2.24) is 5.32 Å². The number of carbonyl (C=O) groups excluding carboxylic acids is 3. The number of hydrogen-bond donors (Lipinski definition) is 3. The quantitative estimate of drug-likeness (QED) is 0.652. The first kappa shape index (κ1) is 18.8. The molecule has 2 aromatic rings. The topological polar surface area (TPSA) is 106 Å². The fourth-order valence-electron chi connectivity index (χ4n) is 3.21. The van der Waals surface area contributed by atoms with Crippen LogP contribution in [0.5, 0.6) is 11.5 Å². The van der Waals surface area contributed by atoms with E-state index in [9.17, 15) is 14.4 Å². The molecule has 0 atom stereocenters. The fraction of sp³-hybridized carbons (Fsp3) is 0.286. The van der Waals surface area contributed by atoms with E-state index in [0.717, 1.165) is 5.56 Å². The van der Waals surface area contributed by atoms with Crippen LogP contribution in [0.15, 0.2) is 42.5 Å². The second-order valence-corrected chi connectivity index (χ2v) is 7.17. The molecule has 29 heavy (non-hydrogen) atoms. The third-order valence-electron chi connectivity index (χ3n) is 4.95. The van der Waals surface area contributed by atoms with Crippen molar-refractivity contribution >= 4 is 29.1 Å². The predicted molar refractivity (Wildman–Crippen MR) is 105 cm³/mol. The lowest BCUT2D eigenvalue weighted by atomic mass is 10.0. The van der Waals surface area contributed by atoms with Crippen LogP contribution in [0.25, 0.3) is 0 Å². The van der Waals surface area contributed by atoms with Crippen LogP contribution in [0.2, 0.25) is 0 Å². The van der Waals surface area contributed by atoms with Gasteiger partial charge >= 0.3 is 0 Å². The summed E-state index contributed by atoms with van der Waals surface area (Å²) >= 11 is 0. The van der Waals surface area contributed by atoms with Crippen LogP contribution in [-0.4, -0.2) is 24.5 Å². The number of hydrogen-bond acceptors (Lipinski definition) is 5. The molecule has 1 aliphatic heterocycles. The first-order valence-corrected chi connectivity index (χ1v) is 9.32. The molecule has 1 fully saturated rings. The zero-order valence-electron chi connectivity index (χ0n) is 15.9. The van der Waals surface area contributed by atoms with E-state index in [0.29, 0.717) is 42.3 Å². The molecule has 1 saturated carbocycles. The van der Waals surface area contributed by atoms with Gasteiger partial charge in [-0.05, 0) is 48.7 Å². The van der Waals surface area contributed by atoms with Crippen LogP contribution >= 0.6 is 0 Å². The molecule has 0 spiro atoms. The lowest BCUT2D eigenvalue weighted by Crippen LogP contribution is -2.39. The average Bonchev–Trinajstić information content (AvgIpc) is 3.37. The van der Waals surface area contributed by atoms with Crippen molar-refractivity contribution in [3.05, 3.63) is 48.0 Å². The van der Waals surface area contributed by atoms with Crippen LogP contribution in [0, 0.1) is 5.41 Å². The van der Waals surface area contributed by atoms with Crippen molar-refractivity contribution in [2.24, 2.45) is 5.41 Å². The standard InChI is InChI=1S/C21H21N3O5/c1-13(25)23-15-3-2-4-16(10-15)24-20(27)21(7-8-21)19(26)22-11-14-5-6-17-18(9-14)29-12-28-17/h2-6,9-10H,7-8,11-12H2,1H3,(H,22,26)(H,23,25)(H,24,27). The highest BCUT2D eigenvalue weighted by molar-refractivity contribution is 6.13. The molecule has 0 bridgehead atoms. The van der Waals surface area contributed by atoms with Crippen molar-refractivity contribution in [1.29, 1.82) is 0 Å². The van der Waals surface area contributed by atoms with Crippen molar-refractivity contribution in [2.75, 3.05) is 17.4 Å².